The van der Waals surface area contributed by atoms with Crippen LogP contribution in [0.15, 0.2) is 48.5 Å². The summed E-state index contributed by atoms with van der Waals surface area (Å²) in [5, 5.41) is 2.47. The number of nitrogens with zero attached hydrogens (tertiary/aromatic N) is 1. The van der Waals surface area contributed by atoms with E-state index in [2.05, 4.69) is 5.32 Å². The average Bonchev–Trinajstić information content (AvgIpc) is 2.49. The summed E-state index contributed by atoms with van der Waals surface area (Å²) >= 11 is 0. The molecule has 2 aromatic carbocycles. The number of amides is 1. The van der Waals surface area contributed by atoms with Crippen LogP contribution in [-0.4, -0.2) is 37.4 Å². The molecule has 0 saturated carbocycles. The zero-order valence-electron chi connectivity index (χ0n) is 12.9. The summed E-state index contributed by atoms with van der Waals surface area (Å²) in [7, 11) is 3.59. The maximum Gasteiger partial charge on any atom is 0.417 e. The second kappa shape index (κ2) is 7.51. The summed E-state index contributed by atoms with van der Waals surface area (Å²) in [6.07, 6.45) is -0.827. The molecule has 23 heavy (non-hydrogen) atoms. The number of para-hydroxylation sites is 1. The molecule has 120 valence electrons. The molecule has 1 amide bonds. The van der Waals surface area contributed by atoms with E-state index >= 15 is 0 Å². The summed E-state index contributed by atoms with van der Waals surface area (Å²) in [5.41, 5.74) is 0.873. The van der Waals surface area contributed by atoms with Gasteiger partial charge in [0.25, 0.3) is 0 Å². The number of anilines is 1. The van der Waals surface area contributed by atoms with Crippen LogP contribution < -0.4 is 10.1 Å². The minimum absolute atomic E-state index is 0.0684. The Morgan fingerprint density at radius 2 is 1.87 bits per heavy atom. The number of Topliss-reactive ketones (excluding diaryl/α,β-unsaturated/α-hetero) is 1. The van der Waals surface area contributed by atoms with Crippen LogP contribution in [0.2, 0.25) is 0 Å². The van der Waals surface area contributed by atoms with Gasteiger partial charge >= 0.3 is 6.09 Å². The first-order valence-corrected chi connectivity index (χ1v) is 6.97. The molecule has 0 aliphatic carbocycles. The lowest BCUT2D eigenvalue weighted by Gasteiger charge is -2.10. The Labute approximate surface area is 133 Å². The van der Waals surface area contributed by atoms with Crippen molar-refractivity contribution in [3.63, 3.8) is 0 Å². The Bertz CT molecular complexity index is 716. The average molecular weight is 316 g/mol. The third-order valence-corrected chi connectivity index (χ3v) is 2.93. The fourth-order valence-electron chi connectivity index (χ4n) is 1.92. The standard InChI is InChI=1S/C17H17FN2O3/c1-20(2)11-15(21)12-6-5-7-13(10-12)19-17(22)23-16-9-4-3-8-14(16)18/h3-10H,11H2,1-2H3,(H,19,22). The van der Waals surface area contributed by atoms with Crippen LogP contribution in [0.5, 0.6) is 5.75 Å². The van der Waals surface area contributed by atoms with Crippen molar-refractivity contribution in [3.8, 4) is 5.75 Å². The highest BCUT2D eigenvalue weighted by Crippen LogP contribution is 2.17. The van der Waals surface area contributed by atoms with Gasteiger partial charge in [0.15, 0.2) is 17.3 Å². The van der Waals surface area contributed by atoms with E-state index in [4.69, 9.17) is 4.74 Å². The molecule has 0 aromatic heterocycles. The van der Waals surface area contributed by atoms with Gasteiger partial charge in [0.05, 0.1) is 6.54 Å². The summed E-state index contributed by atoms with van der Waals surface area (Å²) in [5.74, 6) is -0.858. The van der Waals surface area contributed by atoms with Gasteiger partial charge in [-0.25, -0.2) is 9.18 Å². The van der Waals surface area contributed by atoms with E-state index in [-0.39, 0.29) is 18.1 Å². The lowest BCUT2D eigenvalue weighted by atomic mass is 10.1. The first-order chi connectivity index (χ1) is 11.0. The van der Waals surface area contributed by atoms with Gasteiger partial charge in [0, 0.05) is 11.3 Å². The number of carbonyl (C=O) groups is 2. The lowest BCUT2D eigenvalue weighted by molar-refractivity contribution is 0.0958. The van der Waals surface area contributed by atoms with E-state index in [9.17, 15) is 14.0 Å². The molecule has 0 atom stereocenters. The minimum Gasteiger partial charge on any atom is -0.407 e. The Morgan fingerprint density at radius 1 is 1.13 bits per heavy atom. The number of benzene rings is 2. The molecule has 1 N–H and O–H groups in total. The smallest absolute Gasteiger partial charge is 0.407 e. The number of hydrogen-bond donors (Lipinski definition) is 1. The van der Waals surface area contributed by atoms with Gasteiger partial charge in [-0.15, -0.1) is 0 Å². The van der Waals surface area contributed by atoms with Gasteiger partial charge < -0.3 is 9.64 Å². The van der Waals surface area contributed by atoms with Crippen molar-refractivity contribution in [1.82, 2.24) is 4.90 Å². The van der Waals surface area contributed by atoms with E-state index in [0.29, 0.717) is 11.3 Å². The molecule has 0 unspecified atom stereocenters. The number of hydrogen-bond acceptors (Lipinski definition) is 4. The number of ether oxygens (including phenoxy) is 1. The van der Waals surface area contributed by atoms with Crippen molar-refractivity contribution < 1.29 is 18.7 Å². The second-order valence-electron chi connectivity index (χ2n) is 5.19. The fraction of sp³-hybridized carbons (Fsp3) is 0.176. The number of ketones is 1. The van der Waals surface area contributed by atoms with E-state index in [1.807, 2.05) is 0 Å². The highest BCUT2D eigenvalue weighted by molar-refractivity contribution is 5.99. The van der Waals surface area contributed by atoms with E-state index < -0.39 is 11.9 Å². The van der Waals surface area contributed by atoms with Crippen LogP contribution in [-0.2, 0) is 0 Å². The van der Waals surface area contributed by atoms with Crippen LogP contribution in [0.3, 0.4) is 0 Å². The van der Waals surface area contributed by atoms with Gasteiger partial charge in [0.1, 0.15) is 0 Å². The maximum absolute atomic E-state index is 13.4. The number of carbonyl (C=O) groups excluding carboxylic acids is 2. The largest absolute Gasteiger partial charge is 0.417 e. The molecule has 0 aliphatic rings. The van der Waals surface area contributed by atoms with Gasteiger partial charge in [-0.1, -0.05) is 24.3 Å². The molecule has 0 spiro atoms. The minimum atomic E-state index is -0.827. The molecule has 0 fully saturated rings. The predicted molar refractivity (Wildman–Crippen MR) is 85.4 cm³/mol. The Hall–Kier alpha value is -2.73. The number of nitrogens with one attached hydrogen (secondary N) is 1. The molecule has 2 aromatic rings. The summed E-state index contributed by atoms with van der Waals surface area (Å²) in [6.45, 7) is 0.267. The van der Waals surface area contributed by atoms with Crippen molar-refractivity contribution in [2.45, 2.75) is 0 Å². The first kappa shape index (κ1) is 16.6. The molecular weight excluding hydrogens is 299 g/mol. The Kier molecular flexibility index (Phi) is 5.43. The van der Waals surface area contributed by atoms with E-state index in [0.717, 1.165) is 0 Å². The molecule has 2 rings (SSSR count). The summed E-state index contributed by atoms with van der Waals surface area (Å²) < 4.78 is 18.3. The molecule has 0 heterocycles. The topological polar surface area (TPSA) is 58.6 Å². The molecule has 6 heteroatoms. The monoisotopic (exact) mass is 316 g/mol. The third kappa shape index (κ3) is 4.89. The number of rotatable bonds is 5. The highest BCUT2D eigenvalue weighted by atomic mass is 19.1. The van der Waals surface area contributed by atoms with Crippen LogP contribution >= 0.6 is 0 Å². The highest BCUT2D eigenvalue weighted by Gasteiger charge is 2.11. The quantitative estimate of drug-likeness (QED) is 0.861. The van der Waals surface area contributed by atoms with Crippen LogP contribution in [0.25, 0.3) is 0 Å². The summed E-state index contributed by atoms with van der Waals surface area (Å²) in [4.78, 5) is 25.6. The van der Waals surface area contributed by atoms with Crippen LogP contribution in [0.1, 0.15) is 10.4 Å². The second-order valence-corrected chi connectivity index (χ2v) is 5.19. The van der Waals surface area contributed by atoms with Gasteiger partial charge in [0.2, 0.25) is 0 Å². The number of halogens is 1. The predicted octanol–water partition coefficient (Wildman–Crippen LogP) is 3.18. The van der Waals surface area contributed by atoms with Crippen molar-refractivity contribution in [1.29, 1.82) is 0 Å². The first-order valence-electron chi connectivity index (χ1n) is 6.97. The summed E-state index contributed by atoms with van der Waals surface area (Å²) in [6, 6.07) is 12.1. The van der Waals surface area contributed by atoms with Crippen molar-refractivity contribution >= 4 is 17.6 Å². The number of likely N-dealkylation sites (N-methyl/N-ethyl adjacent to an activating group) is 1. The maximum atomic E-state index is 13.4. The zero-order chi connectivity index (χ0) is 16.8. The lowest BCUT2D eigenvalue weighted by Crippen LogP contribution is -2.22. The molecule has 0 saturated heterocycles. The van der Waals surface area contributed by atoms with Crippen LogP contribution in [0, 0.1) is 5.82 Å². The van der Waals surface area contributed by atoms with Gasteiger partial charge in [-0.05, 0) is 38.4 Å². The van der Waals surface area contributed by atoms with Crippen molar-refractivity contribution in [2.24, 2.45) is 0 Å². The SMILES string of the molecule is CN(C)CC(=O)c1cccc(NC(=O)Oc2ccccc2F)c1. The van der Waals surface area contributed by atoms with Crippen molar-refractivity contribution in [2.75, 3.05) is 26.0 Å². The van der Waals surface area contributed by atoms with Crippen LogP contribution in [0.4, 0.5) is 14.9 Å². The fourth-order valence-corrected chi connectivity index (χ4v) is 1.92. The molecular formula is C17H17FN2O3. The van der Waals surface area contributed by atoms with Gasteiger partial charge in [-0.2, -0.15) is 0 Å². The third-order valence-electron chi connectivity index (χ3n) is 2.93. The van der Waals surface area contributed by atoms with E-state index in [1.54, 1.807) is 49.3 Å². The Morgan fingerprint density at radius 3 is 2.57 bits per heavy atom. The Balaban J connectivity index is 2.04. The molecule has 5 nitrogen and oxygen atoms in total. The van der Waals surface area contributed by atoms with E-state index in [1.165, 1.54) is 18.2 Å². The molecule has 0 aliphatic heterocycles. The van der Waals surface area contributed by atoms with Crippen molar-refractivity contribution in [3.05, 3.63) is 59.9 Å². The molecule has 0 radical (unpaired) electrons. The normalized spacial score (nSPS) is 10.4. The molecule has 0 bridgehead atoms. The zero-order valence-corrected chi connectivity index (χ0v) is 12.9. The van der Waals surface area contributed by atoms with Gasteiger partial charge in [-0.3, -0.25) is 10.1 Å².